The Morgan fingerprint density at radius 2 is 1.61 bits per heavy atom. The molecule has 1 aromatic heterocycles. The first-order valence-corrected chi connectivity index (χ1v) is 11.4. The van der Waals surface area contributed by atoms with Crippen LogP contribution in [0.1, 0.15) is 25.7 Å². The minimum absolute atomic E-state index is 0.403. The van der Waals surface area contributed by atoms with Gasteiger partial charge in [-0.3, -0.25) is 0 Å². The molecule has 2 saturated heterocycles. The molecule has 2 aliphatic rings. The lowest BCUT2D eigenvalue weighted by Gasteiger charge is -2.33. The second kappa shape index (κ2) is 8.45. The molecule has 0 aliphatic carbocycles. The van der Waals surface area contributed by atoms with Gasteiger partial charge in [0.05, 0.1) is 4.90 Å². The van der Waals surface area contributed by atoms with Crippen LogP contribution in [0.4, 0.5) is 11.6 Å². The molecule has 0 unspecified atom stereocenters. The zero-order chi connectivity index (χ0) is 19.4. The summed E-state index contributed by atoms with van der Waals surface area (Å²) in [5.74, 6) is 1.27. The Kier molecular flexibility index (Phi) is 5.77. The topological polar surface area (TPSA) is 78.4 Å². The lowest BCUT2D eigenvalue weighted by molar-refractivity contribution is 0.423. The molecule has 3 heterocycles. The van der Waals surface area contributed by atoms with Crippen LogP contribution in [0.15, 0.2) is 47.6 Å². The van der Waals surface area contributed by atoms with Crippen molar-refractivity contribution in [3.05, 3.63) is 42.7 Å². The summed E-state index contributed by atoms with van der Waals surface area (Å²) >= 11 is 0. The van der Waals surface area contributed by atoms with Crippen LogP contribution in [-0.4, -0.2) is 55.4 Å². The fourth-order valence-electron chi connectivity index (χ4n) is 3.93. The highest BCUT2D eigenvalue weighted by molar-refractivity contribution is 7.89. The van der Waals surface area contributed by atoms with Crippen LogP contribution in [-0.2, 0) is 10.0 Å². The molecule has 8 heteroatoms. The molecule has 7 nitrogen and oxygen atoms in total. The van der Waals surface area contributed by atoms with E-state index in [4.69, 9.17) is 0 Å². The van der Waals surface area contributed by atoms with Crippen molar-refractivity contribution < 1.29 is 8.42 Å². The number of aromatic nitrogens is 2. The van der Waals surface area contributed by atoms with Crippen LogP contribution >= 0.6 is 0 Å². The predicted octanol–water partition coefficient (Wildman–Crippen LogP) is 2.59. The van der Waals surface area contributed by atoms with Crippen LogP contribution in [0.25, 0.3) is 0 Å². The summed E-state index contributed by atoms with van der Waals surface area (Å²) in [5, 5.41) is 3.31. The van der Waals surface area contributed by atoms with Gasteiger partial charge in [-0.05, 0) is 61.9 Å². The largest absolute Gasteiger partial charge is 0.372 e. The van der Waals surface area contributed by atoms with E-state index >= 15 is 0 Å². The smallest absolute Gasteiger partial charge is 0.243 e. The van der Waals surface area contributed by atoms with Crippen molar-refractivity contribution >= 4 is 21.7 Å². The maximum Gasteiger partial charge on any atom is 0.243 e. The molecule has 0 radical (unpaired) electrons. The summed E-state index contributed by atoms with van der Waals surface area (Å²) in [4.78, 5) is 11.1. The first kappa shape index (κ1) is 19.1. The molecule has 150 valence electrons. The van der Waals surface area contributed by atoms with Gasteiger partial charge < -0.3 is 10.2 Å². The Hall–Kier alpha value is -2.19. The average Bonchev–Trinajstić information content (AvgIpc) is 3.29. The van der Waals surface area contributed by atoms with Gasteiger partial charge in [-0.1, -0.05) is 0 Å². The maximum absolute atomic E-state index is 12.6. The third kappa shape index (κ3) is 4.28. The monoisotopic (exact) mass is 401 g/mol. The standard InChI is InChI=1S/C20H27N5O2S/c26-28(27,25-12-1-2-13-25)19-6-4-18(5-7-19)24-14-8-17(9-15-24)16-23-20-21-10-3-11-22-20/h3-7,10-11,17H,1-2,8-9,12-16H2,(H,21,22,23). The van der Waals surface area contributed by atoms with Gasteiger partial charge in [0.25, 0.3) is 0 Å². The van der Waals surface area contributed by atoms with Gasteiger partial charge in [-0.2, -0.15) is 4.31 Å². The summed E-state index contributed by atoms with van der Waals surface area (Å²) in [6, 6.07) is 9.21. The molecule has 0 spiro atoms. The predicted molar refractivity (Wildman–Crippen MR) is 110 cm³/mol. The van der Waals surface area contributed by atoms with Gasteiger partial charge in [0, 0.05) is 50.8 Å². The van der Waals surface area contributed by atoms with Gasteiger partial charge in [-0.25, -0.2) is 18.4 Å². The second-order valence-electron chi connectivity index (χ2n) is 7.49. The first-order valence-electron chi connectivity index (χ1n) is 9.99. The molecule has 4 rings (SSSR count). The van der Waals surface area contributed by atoms with Crippen LogP contribution < -0.4 is 10.2 Å². The molecule has 0 amide bonds. The Morgan fingerprint density at radius 3 is 2.25 bits per heavy atom. The number of hydrogen-bond donors (Lipinski definition) is 1. The number of piperidine rings is 1. The molecule has 1 N–H and O–H groups in total. The summed E-state index contributed by atoms with van der Waals surface area (Å²) in [6.45, 7) is 4.10. The lowest BCUT2D eigenvalue weighted by atomic mass is 9.96. The van der Waals surface area contributed by atoms with Crippen molar-refractivity contribution in [2.45, 2.75) is 30.6 Å². The summed E-state index contributed by atoms with van der Waals surface area (Å²) in [5.41, 5.74) is 1.10. The van der Waals surface area contributed by atoms with Crippen LogP contribution in [0.3, 0.4) is 0 Å². The van der Waals surface area contributed by atoms with Crippen molar-refractivity contribution in [1.82, 2.24) is 14.3 Å². The average molecular weight is 402 g/mol. The van der Waals surface area contributed by atoms with E-state index in [9.17, 15) is 8.42 Å². The minimum Gasteiger partial charge on any atom is -0.372 e. The highest BCUT2D eigenvalue weighted by atomic mass is 32.2. The number of rotatable bonds is 6. The Balaban J connectivity index is 1.31. The number of nitrogens with one attached hydrogen (secondary N) is 1. The molecular weight excluding hydrogens is 374 g/mol. The molecule has 2 fully saturated rings. The van der Waals surface area contributed by atoms with E-state index in [1.807, 2.05) is 18.2 Å². The van der Waals surface area contributed by atoms with Gasteiger partial charge in [0.15, 0.2) is 0 Å². The third-order valence-corrected chi connectivity index (χ3v) is 7.55. The van der Waals surface area contributed by atoms with Crippen molar-refractivity contribution in [3.63, 3.8) is 0 Å². The first-order chi connectivity index (χ1) is 13.6. The normalized spacial score (nSPS) is 19.1. The van der Waals surface area contributed by atoms with Crippen molar-refractivity contribution in [1.29, 1.82) is 0 Å². The molecular formula is C20H27N5O2S. The van der Waals surface area contributed by atoms with E-state index in [1.54, 1.807) is 28.8 Å². The van der Waals surface area contributed by atoms with Crippen molar-refractivity contribution in [2.24, 2.45) is 5.92 Å². The van der Waals surface area contributed by atoms with Gasteiger partial charge >= 0.3 is 0 Å². The number of nitrogens with zero attached hydrogens (tertiary/aromatic N) is 4. The molecule has 0 saturated carbocycles. The second-order valence-corrected chi connectivity index (χ2v) is 9.43. The Labute approximate surface area is 166 Å². The molecule has 2 aromatic rings. The molecule has 1 aromatic carbocycles. The summed E-state index contributed by atoms with van der Waals surface area (Å²) < 4.78 is 26.9. The zero-order valence-corrected chi connectivity index (χ0v) is 16.8. The Bertz CT molecular complexity index is 859. The molecule has 2 aliphatic heterocycles. The molecule has 28 heavy (non-hydrogen) atoms. The fraction of sp³-hybridized carbons (Fsp3) is 0.500. The van der Waals surface area contributed by atoms with E-state index in [-0.39, 0.29) is 0 Å². The fourth-order valence-corrected chi connectivity index (χ4v) is 5.44. The third-order valence-electron chi connectivity index (χ3n) is 5.63. The SMILES string of the molecule is O=S(=O)(c1ccc(N2CCC(CNc3ncccn3)CC2)cc1)N1CCCC1. The van der Waals surface area contributed by atoms with Crippen LogP contribution in [0, 0.1) is 5.92 Å². The van der Waals surface area contributed by atoms with Crippen molar-refractivity contribution in [3.8, 4) is 0 Å². The Morgan fingerprint density at radius 1 is 0.964 bits per heavy atom. The van der Waals surface area contributed by atoms with Gasteiger partial charge in [0.1, 0.15) is 0 Å². The molecule has 0 bridgehead atoms. The van der Waals surface area contributed by atoms with E-state index in [0.29, 0.717) is 29.9 Å². The maximum atomic E-state index is 12.6. The lowest BCUT2D eigenvalue weighted by Crippen LogP contribution is -2.36. The zero-order valence-electron chi connectivity index (χ0n) is 16.0. The van der Waals surface area contributed by atoms with Gasteiger partial charge in [0.2, 0.25) is 16.0 Å². The summed E-state index contributed by atoms with van der Waals surface area (Å²) in [7, 11) is -3.33. The summed E-state index contributed by atoms with van der Waals surface area (Å²) in [6.07, 6.45) is 7.58. The number of hydrogen-bond acceptors (Lipinski definition) is 6. The highest BCUT2D eigenvalue weighted by Crippen LogP contribution is 2.26. The van der Waals surface area contributed by atoms with Gasteiger partial charge in [-0.15, -0.1) is 0 Å². The van der Waals surface area contributed by atoms with E-state index < -0.39 is 10.0 Å². The minimum atomic E-state index is -3.33. The van der Waals surface area contributed by atoms with E-state index in [2.05, 4.69) is 20.2 Å². The van der Waals surface area contributed by atoms with Crippen molar-refractivity contribution in [2.75, 3.05) is 42.9 Å². The number of benzene rings is 1. The number of sulfonamides is 1. The molecule has 0 atom stereocenters. The van der Waals surface area contributed by atoms with Crippen LogP contribution in [0.5, 0.6) is 0 Å². The highest BCUT2D eigenvalue weighted by Gasteiger charge is 2.27. The number of anilines is 2. The van der Waals surface area contributed by atoms with Crippen LogP contribution in [0.2, 0.25) is 0 Å². The van der Waals surface area contributed by atoms with E-state index in [1.165, 1.54) is 0 Å². The van der Waals surface area contributed by atoms with E-state index in [0.717, 1.165) is 51.0 Å². The quantitative estimate of drug-likeness (QED) is 0.802.